The molecule has 0 fully saturated rings. The van der Waals surface area contributed by atoms with Gasteiger partial charge in [0.2, 0.25) is 5.82 Å². The molecular weight excluding hydrogens is 304 g/mol. The summed E-state index contributed by atoms with van der Waals surface area (Å²) in [5.74, 6) is -0.747. The van der Waals surface area contributed by atoms with Crippen LogP contribution in [0.5, 0.6) is 0 Å². The van der Waals surface area contributed by atoms with E-state index >= 15 is 0 Å². The molecule has 114 valence electrons. The normalized spacial score (nSPS) is 11.8. The van der Waals surface area contributed by atoms with E-state index in [9.17, 15) is 9.00 Å². The molecule has 1 aromatic carbocycles. The fourth-order valence-corrected chi connectivity index (χ4v) is 2.63. The van der Waals surface area contributed by atoms with Crippen LogP contribution >= 0.6 is 0 Å². The van der Waals surface area contributed by atoms with Crippen molar-refractivity contribution >= 4 is 26.5 Å². The monoisotopic (exact) mass is 318 g/mol. The number of hydrogen-bond donors (Lipinski definition) is 1. The van der Waals surface area contributed by atoms with Crippen LogP contribution in [0.25, 0.3) is 22.3 Å². The first-order valence-corrected chi connectivity index (χ1v) is 8.80. The van der Waals surface area contributed by atoms with E-state index in [1.807, 2.05) is 31.2 Å². The van der Waals surface area contributed by atoms with E-state index in [1.165, 1.54) is 12.5 Å². The average molecular weight is 318 g/mol. The van der Waals surface area contributed by atoms with Gasteiger partial charge < -0.3 is 9.51 Å². The number of aromatic amines is 1. The number of nitrogens with zero attached hydrogens (tertiary/aromatic N) is 3. The van der Waals surface area contributed by atoms with Gasteiger partial charge in [-0.3, -0.25) is 4.79 Å². The van der Waals surface area contributed by atoms with Crippen LogP contribution < -0.4 is 0 Å². The van der Waals surface area contributed by atoms with Gasteiger partial charge in [0, 0.05) is 44.4 Å². The molecule has 0 spiro atoms. The minimum Gasteiger partial charge on any atom is -0.359 e. The number of rotatable bonds is 2. The summed E-state index contributed by atoms with van der Waals surface area (Å²) in [6, 6.07) is 7.61. The first-order chi connectivity index (χ1) is 10.3. The number of amides is 1. The van der Waals surface area contributed by atoms with Crippen LogP contribution in [0.2, 0.25) is 0 Å². The van der Waals surface area contributed by atoms with Gasteiger partial charge >= 0.3 is 11.8 Å². The summed E-state index contributed by atoms with van der Waals surface area (Å²) in [5.41, 5.74) is 2.70. The second-order valence-electron chi connectivity index (χ2n) is 5.22. The van der Waals surface area contributed by atoms with Gasteiger partial charge in [0.25, 0.3) is 0 Å². The number of carbonyl (C=O) groups excluding carboxylic acids is 1. The minimum absolute atomic E-state index is 0.268. The molecule has 0 aliphatic heterocycles. The molecular formula is C14H14N4O3S. The Morgan fingerprint density at radius 1 is 1.36 bits per heavy atom. The number of benzene rings is 1. The van der Waals surface area contributed by atoms with Gasteiger partial charge in [-0.15, -0.1) is 0 Å². The lowest BCUT2D eigenvalue weighted by Gasteiger charge is -1.96. The highest BCUT2D eigenvalue weighted by molar-refractivity contribution is 7.92. The fourth-order valence-electron chi connectivity index (χ4n) is 2.15. The highest BCUT2D eigenvalue weighted by Crippen LogP contribution is 2.27. The Morgan fingerprint density at radius 2 is 2.14 bits per heavy atom. The topological polar surface area (TPSA) is 101 Å². The quantitative estimate of drug-likeness (QED) is 0.781. The zero-order valence-corrected chi connectivity index (χ0v) is 13.1. The molecule has 3 aromatic rings. The zero-order valence-electron chi connectivity index (χ0n) is 12.3. The first kappa shape index (κ1) is 14.5. The second-order valence-corrected chi connectivity index (χ2v) is 7.77. The molecule has 0 unspecified atom stereocenters. The Hall–Kier alpha value is -2.48. The van der Waals surface area contributed by atoms with Crippen molar-refractivity contribution in [3.05, 3.63) is 35.9 Å². The van der Waals surface area contributed by atoms with Crippen molar-refractivity contribution in [1.29, 1.82) is 0 Å². The summed E-state index contributed by atoms with van der Waals surface area (Å²) in [7, 11) is -2.57. The number of aryl methyl sites for hydroxylation is 1. The van der Waals surface area contributed by atoms with Gasteiger partial charge in [0.05, 0.1) is 0 Å². The van der Waals surface area contributed by atoms with E-state index in [0.717, 1.165) is 22.2 Å². The zero-order chi connectivity index (χ0) is 15.9. The van der Waals surface area contributed by atoms with Crippen LogP contribution in [0.15, 0.2) is 33.2 Å². The lowest BCUT2D eigenvalue weighted by Crippen LogP contribution is -2.01. The molecule has 22 heavy (non-hydrogen) atoms. The predicted octanol–water partition coefficient (Wildman–Crippen LogP) is 2.39. The van der Waals surface area contributed by atoms with Gasteiger partial charge in [-0.25, -0.2) is 4.21 Å². The Labute approximate surface area is 126 Å². The lowest BCUT2D eigenvalue weighted by molar-refractivity contribution is 0.0963. The van der Waals surface area contributed by atoms with E-state index in [-0.39, 0.29) is 5.89 Å². The van der Waals surface area contributed by atoms with Crippen LogP contribution in [0.1, 0.15) is 16.4 Å². The van der Waals surface area contributed by atoms with Crippen molar-refractivity contribution in [2.45, 2.75) is 6.92 Å². The van der Waals surface area contributed by atoms with Crippen molar-refractivity contribution in [1.82, 2.24) is 15.1 Å². The van der Waals surface area contributed by atoms with Crippen LogP contribution in [-0.2, 0) is 9.73 Å². The molecule has 0 aliphatic rings. The third kappa shape index (κ3) is 2.77. The average Bonchev–Trinajstić information content (AvgIpc) is 3.00. The molecule has 1 N–H and O–H groups in total. The number of nitrogens with one attached hydrogen (secondary N) is 1. The second kappa shape index (κ2) is 5.06. The minimum atomic E-state index is -2.57. The molecule has 0 saturated carbocycles. The molecule has 3 rings (SSSR count). The largest absolute Gasteiger partial charge is 0.359 e. The highest BCUT2D eigenvalue weighted by atomic mass is 32.2. The van der Waals surface area contributed by atoms with Crippen LogP contribution in [0, 0.1) is 6.92 Å². The van der Waals surface area contributed by atoms with Gasteiger partial charge in [-0.2, -0.15) is 9.35 Å². The molecule has 2 aromatic heterocycles. The predicted molar refractivity (Wildman–Crippen MR) is 83.1 cm³/mol. The van der Waals surface area contributed by atoms with Gasteiger partial charge in [0.1, 0.15) is 0 Å². The SMILES string of the molecule is Cc1cc2c(-c3noc(C(=O)N=S(C)(C)=O)n3)cccc2[nH]1. The maximum atomic E-state index is 11.8. The highest BCUT2D eigenvalue weighted by Gasteiger charge is 2.18. The van der Waals surface area contributed by atoms with Crippen LogP contribution in [0.4, 0.5) is 0 Å². The molecule has 2 heterocycles. The molecule has 0 atom stereocenters. The number of aromatic nitrogens is 3. The number of hydrogen-bond acceptors (Lipinski definition) is 5. The van der Waals surface area contributed by atoms with E-state index in [2.05, 4.69) is 19.5 Å². The molecule has 8 heteroatoms. The van der Waals surface area contributed by atoms with Crippen LogP contribution in [-0.4, -0.2) is 37.8 Å². The lowest BCUT2D eigenvalue weighted by atomic mass is 10.1. The number of carbonyl (C=O) groups is 1. The maximum absolute atomic E-state index is 11.8. The Balaban J connectivity index is 2.07. The van der Waals surface area contributed by atoms with Crippen molar-refractivity contribution < 1.29 is 13.5 Å². The third-order valence-corrected chi connectivity index (χ3v) is 3.56. The molecule has 0 radical (unpaired) electrons. The fraction of sp³-hybridized carbons (Fsp3) is 0.214. The molecule has 7 nitrogen and oxygen atoms in total. The number of fused-ring (bicyclic) bond motifs is 1. The number of H-pyrrole nitrogens is 1. The van der Waals surface area contributed by atoms with Crippen molar-refractivity contribution in [2.75, 3.05) is 12.5 Å². The van der Waals surface area contributed by atoms with Crippen molar-refractivity contribution in [3.63, 3.8) is 0 Å². The van der Waals surface area contributed by atoms with Gasteiger partial charge in [0.15, 0.2) is 0 Å². The summed E-state index contributed by atoms with van der Waals surface area (Å²) in [6.07, 6.45) is 2.73. The van der Waals surface area contributed by atoms with E-state index in [4.69, 9.17) is 4.52 Å². The summed E-state index contributed by atoms with van der Waals surface area (Å²) in [4.78, 5) is 19.1. The Morgan fingerprint density at radius 3 is 2.86 bits per heavy atom. The first-order valence-electron chi connectivity index (χ1n) is 6.47. The summed E-state index contributed by atoms with van der Waals surface area (Å²) in [5, 5.41) is 4.76. The summed E-state index contributed by atoms with van der Waals surface area (Å²) < 4.78 is 20.0. The maximum Gasteiger partial charge on any atom is 0.343 e. The van der Waals surface area contributed by atoms with Crippen molar-refractivity contribution in [3.8, 4) is 11.4 Å². The summed E-state index contributed by atoms with van der Waals surface area (Å²) >= 11 is 0. The molecule has 0 saturated heterocycles. The van der Waals surface area contributed by atoms with Gasteiger partial charge in [-0.1, -0.05) is 17.3 Å². The van der Waals surface area contributed by atoms with Gasteiger partial charge in [-0.05, 0) is 19.1 Å². The van der Waals surface area contributed by atoms with E-state index in [0.29, 0.717) is 5.82 Å². The van der Waals surface area contributed by atoms with Crippen molar-refractivity contribution in [2.24, 2.45) is 4.36 Å². The Kier molecular flexibility index (Phi) is 3.32. The summed E-state index contributed by atoms with van der Waals surface area (Å²) in [6.45, 7) is 1.95. The third-order valence-electron chi connectivity index (χ3n) is 2.95. The van der Waals surface area contributed by atoms with E-state index < -0.39 is 15.6 Å². The molecule has 1 amide bonds. The van der Waals surface area contributed by atoms with Crippen LogP contribution in [0.3, 0.4) is 0 Å². The standard InChI is InChI=1S/C14H14N4O3S/c1-8-7-10-9(5-4-6-11(10)15-8)12-16-14(21-17-12)13(19)18-22(2,3)20/h4-7,15H,1-3H3. The molecule has 0 bridgehead atoms. The smallest absolute Gasteiger partial charge is 0.343 e. The van der Waals surface area contributed by atoms with E-state index in [1.54, 1.807) is 0 Å². The molecule has 0 aliphatic carbocycles. The Bertz CT molecular complexity index is 985.